The zero-order valence-electron chi connectivity index (χ0n) is 11.1. The second-order valence-corrected chi connectivity index (χ2v) is 8.57. The number of nitrogens with zero attached hydrogens (tertiary/aromatic N) is 1. The molecular weight excluding hydrogens is 298 g/mol. The number of hydrogen-bond donors (Lipinski definition) is 0. The van der Waals surface area contributed by atoms with Gasteiger partial charge in [-0.25, -0.2) is 8.42 Å². The Morgan fingerprint density at radius 1 is 1.30 bits per heavy atom. The zero-order chi connectivity index (χ0) is 14.2. The van der Waals surface area contributed by atoms with Gasteiger partial charge < -0.3 is 9.64 Å². The molecule has 3 rings (SSSR count). The van der Waals surface area contributed by atoms with E-state index < -0.39 is 9.84 Å². The zero-order valence-corrected chi connectivity index (χ0v) is 12.7. The molecule has 110 valence electrons. The van der Waals surface area contributed by atoms with Crippen molar-refractivity contribution in [1.29, 1.82) is 0 Å². The van der Waals surface area contributed by atoms with Gasteiger partial charge in [-0.15, -0.1) is 11.3 Å². The number of carbonyl (C=O) groups is 1. The largest absolute Gasteiger partial charge is 0.373 e. The molecule has 0 bridgehead atoms. The Kier molecular flexibility index (Phi) is 3.83. The van der Waals surface area contributed by atoms with Crippen LogP contribution in [0.1, 0.15) is 33.5 Å². The van der Waals surface area contributed by atoms with E-state index in [-0.39, 0.29) is 23.5 Å². The third-order valence-electron chi connectivity index (χ3n) is 3.72. The summed E-state index contributed by atoms with van der Waals surface area (Å²) in [6.07, 6.45) is 2.20. The number of thiophene rings is 1. The Morgan fingerprint density at radius 3 is 2.70 bits per heavy atom. The quantitative estimate of drug-likeness (QED) is 0.829. The monoisotopic (exact) mass is 315 g/mol. The molecule has 0 N–H and O–H groups in total. The SMILES string of the molecule is O=C(c1ccc(C2CCCO2)s1)N1CCS(=O)(=O)CC1. The Bertz CT molecular complexity index is 588. The third kappa shape index (κ3) is 2.89. The molecule has 0 aliphatic carbocycles. The first kappa shape index (κ1) is 14.0. The van der Waals surface area contributed by atoms with Crippen LogP contribution in [0.15, 0.2) is 12.1 Å². The van der Waals surface area contributed by atoms with E-state index in [1.165, 1.54) is 11.3 Å². The smallest absolute Gasteiger partial charge is 0.263 e. The van der Waals surface area contributed by atoms with E-state index >= 15 is 0 Å². The van der Waals surface area contributed by atoms with Crippen LogP contribution < -0.4 is 0 Å². The van der Waals surface area contributed by atoms with Crippen molar-refractivity contribution in [1.82, 2.24) is 4.90 Å². The fraction of sp³-hybridized carbons (Fsp3) is 0.615. The van der Waals surface area contributed by atoms with Crippen molar-refractivity contribution in [3.05, 3.63) is 21.9 Å². The predicted octanol–water partition coefficient (Wildman–Crippen LogP) is 1.47. The van der Waals surface area contributed by atoms with Crippen molar-refractivity contribution in [2.45, 2.75) is 18.9 Å². The van der Waals surface area contributed by atoms with Gasteiger partial charge >= 0.3 is 0 Å². The number of sulfone groups is 1. The number of hydrogen-bond acceptors (Lipinski definition) is 5. The molecule has 5 nitrogen and oxygen atoms in total. The number of rotatable bonds is 2. The maximum absolute atomic E-state index is 12.3. The Morgan fingerprint density at radius 2 is 2.05 bits per heavy atom. The fourth-order valence-corrected chi connectivity index (χ4v) is 4.78. The molecule has 2 fully saturated rings. The van der Waals surface area contributed by atoms with Gasteiger partial charge in [0, 0.05) is 24.6 Å². The number of ether oxygens (including phenoxy) is 1. The first-order valence-electron chi connectivity index (χ1n) is 6.76. The van der Waals surface area contributed by atoms with Gasteiger partial charge in [-0.3, -0.25) is 4.79 Å². The van der Waals surface area contributed by atoms with Crippen LogP contribution in [0.4, 0.5) is 0 Å². The van der Waals surface area contributed by atoms with E-state index in [0.29, 0.717) is 18.0 Å². The highest BCUT2D eigenvalue weighted by Gasteiger charge is 2.27. The molecule has 7 heteroatoms. The molecule has 0 radical (unpaired) electrons. The van der Waals surface area contributed by atoms with E-state index in [1.54, 1.807) is 4.90 Å². The molecule has 0 spiro atoms. The van der Waals surface area contributed by atoms with Gasteiger partial charge in [-0.05, 0) is 25.0 Å². The first-order chi connectivity index (χ1) is 9.55. The summed E-state index contributed by atoms with van der Waals surface area (Å²) in [4.78, 5) is 15.7. The second-order valence-electron chi connectivity index (χ2n) is 5.15. The summed E-state index contributed by atoms with van der Waals surface area (Å²) in [6.45, 7) is 1.39. The summed E-state index contributed by atoms with van der Waals surface area (Å²) in [5, 5.41) is 0. The third-order valence-corrected chi connectivity index (χ3v) is 6.49. The highest BCUT2D eigenvalue weighted by molar-refractivity contribution is 7.91. The summed E-state index contributed by atoms with van der Waals surface area (Å²) in [5.74, 6) is 0.0833. The molecule has 20 heavy (non-hydrogen) atoms. The van der Waals surface area contributed by atoms with Crippen LogP contribution >= 0.6 is 11.3 Å². The van der Waals surface area contributed by atoms with Crippen LogP contribution in [0, 0.1) is 0 Å². The van der Waals surface area contributed by atoms with Gasteiger partial charge in [0.25, 0.3) is 5.91 Å². The molecule has 0 saturated carbocycles. The molecule has 1 aromatic rings. The average Bonchev–Trinajstić information content (AvgIpc) is 3.09. The molecule has 1 aromatic heterocycles. The molecule has 3 heterocycles. The van der Waals surface area contributed by atoms with Gasteiger partial charge in [0.05, 0.1) is 22.5 Å². The molecule has 1 unspecified atom stereocenters. The lowest BCUT2D eigenvalue weighted by Crippen LogP contribution is -2.43. The van der Waals surface area contributed by atoms with Crippen LogP contribution in [0.2, 0.25) is 0 Å². The van der Waals surface area contributed by atoms with Gasteiger partial charge in [-0.2, -0.15) is 0 Å². The predicted molar refractivity (Wildman–Crippen MR) is 76.8 cm³/mol. The Hall–Kier alpha value is -0.920. The summed E-state index contributed by atoms with van der Waals surface area (Å²) >= 11 is 1.47. The summed E-state index contributed by atoms with van der Waals surface area (Å²) in [5.41, 5.74) is 0. The molecule has 0 aromatic carbocycles. The van der Waals surface area contributed by atoms with Crippen molar-refractivity contribution >= 4 is 27.1 Å². The maximum atomic E-state index is 12.3. The standard InChI is InChI=1S/C13H17NO4S2/c15-13(14-5-8-20(16,17)9-6-14)12-4-3-11(19-12)10-2-1-7-18-10/h3-4,10H,1-2,5-9H2. The minimum atomic E-state index is -2.95. The van der Waals surface area contributed by atoms with E-state index in [1.807, 2.05) is 12.1 Å². The highest BCUT2D eigenvalue weighted by Crippen LogP contribution is 2.33. The lowest BCUT2D eigenvalue weighted by Gasteiger charge is -2.26. The van der Waals surface area contributed by atoms with E-state index in [0.717, 1.165) is 24.3 Å². The number of amides is 1. The minimum Gasteiger partial charge on any atom is -0.373 e. The van der Waals surface area contributed by atoms with Crippen molar-refractivity contribution in [2.24, 2.45) is 0 Å². The summed E-state index contributed by atoms with van der Waals surface area (Å²) in [6, 6.07) is 3.78. The number of carbonyl (C=O) groups excluding carboxylic acids is 1. The van der Waals surface area contributed by atoms with Crippen LogP contribution in [-0.4, -0.2) is 50.4 Å². The van der Waals surface area contributed by atoms with Crippen molar-refractivity contribution in [3.8, 4) is 0 Å². The van der Waals surface area contributed by atoms with E-state index in [4.69, 9.17) is 4.74 Å². The van der Waals surface area contributed by atoms with Crippen LogP contribution in [0.5, 0.6) is 0 Å². The van der Waals surface area contributed by atoms with Gasteiger partial charge in [0.2, 0.25) is 0 Å². The summed E-state index contributed by atoms with van der Waals surface area (Å²) in [7, 11) is -2.95. The molecule has 1 amide bonds. The first-order valence-corrected chi connectivity index (χ1v) is 9.40. The lowest BCUT2D eigenvalue weighted by atomic mass is 10.2. The molecule has 2 aliphatic rings. The van der Waals surface area contributed by atoms with Gasteiger partial charge in [-0.1, -0.05) is 0 Å². The molecule has 1 atom stereocenters. The average molecular weight is 315 g/mol. The highest BCUT2D eigenvalue weighted by atomic mass is 32.2. The van der Waals surface area contributed by atoms with Gasteiger partial charge in [0.1, 0.15) is 0 Å². The van der Waals surface area contributed by atoms with Crippen LogP contribution in [-0.2, 0) is 14.6 Å². The molecule has 2 aliphatic heterocycles. The maximum Gasteiger partial charge on any atom is 0.263 e. The normalized spacial score (nSPS) is 25.8. The molecule has 2 saturated heterocycles. The second kappa shape index (κ2) is 5.46. The fourth-order valence-electron chi connectivity index (χ4n) is 2.51. The minimum absolute atomic E-state index is 0.0610. The van der Waals surface area contributed by atoms with Crippen molar-refractivity contribution in [3.63, 3.8) is 0 Å². The van der Waals surface area contributed by atoms with E-state index in [2.05, 4.69) is 0 Å². The topological polar surface area (TPSA) is 63.7 Å². The van der Waals surface area contributed by atoms with Crippen molar-refractivity contribution < 1.29 is 17.9 Å². The summed E-state index contributed by atoms with van der Waals surface area (Å²) < 4.78 is 28.4. The van der Waals surface area contributed by atoms with E-state index in [9.17, 15) is 13.2 Å². The Labute approximate surface area is 122 Å². The Balaban J connectivity index is 1.68. The molecular formula is C13H17NO4S2. The van der Waals surface area contributed by atoms with Crippen molar-refractivity contribution in [2.75, 3.05) is 31.2 Å². The van der Waals surface area contributed by atoms with Crippen LogP contribution in [0.3, 0.4) is 0 Å². The van der Waals surface area contributed by atoms with Crippen LogP contribution in [0.25, 0.3) is 0 Å². The lowest BCUT2D eigenvalue weighted by molar-refractivity contribution is 0.0775. The van der Waals surface area contributed by atoms with Gasteiger partial charge in [0.15, 0.2) is 9.84 Å².